The lowest BCUT2D eigenvalue weighted by Crippen LogP contribution is -2.25. The van der Waals surface area contributed by atoms with Crippen molar-refractivity contribution in [2.45, 2.75) is 5.60 Å². The fourth-order valence-corrected chi connectivity index (χ4v) is 3.09. The highest BCUT2D eigenvalue weighted by atomic mass is 16.6. The van der Waals surface area contributed by atoms with Gasteiger partial charge in [-0.05, 0) is 41.5 Å². The average molecular weight is 315 g/mol. The van der Waals surface area contributed by atoms with Crippen molar-refractivity contribution >= 4 is 11.8 Å². The number of benzene rings is 1. The van der Waals surface area contributed by atoms with Gasteiger partial charge in [-0.15, -0.1) is 0 Å². The van der Waals surface area contributed by atoms with Crippen LogP contribution in [-0.4, -0.2) is 23.8 Å². The number of nitrogens with zero attached hydrogens (tertiary/aromatic N) is 2. The molecule has 1 saturated heterocycles. The Hall–Kier alpha value is -2.90. The first-order valence-electron chi connectivity index (χ1n) is 7.98. The zero-order chi connectivity index (χ0) is 16.4. The van der Waals surface area contributed by atoms with Crippen LogP contribution < -0.4 is 0 Å². The van der Waals surface area contributed by atoms with Crippen LogP contribution in [0.4, 0.5) is 0 Å². The van der Waals surface area contributed by atoms with Crippen LogP contribution in [0, 0.1) is 17.2 Å². The van der Waals surface area contributed by atoms with E-state index in [1.54, 1.807) is 0 Å². The fourth-order valence-electron chi connectivity index (χ4n) is 3.09. The molecule has 2 aliphatic rings. The number of allylic oxidation sites excluding steroid dienone is 2. The molecule has 2 atom stereocenters. The molecule has 118 valence electrons. The summed E-state index contributed by atoms with van der Waals surface area (Å²) in [5, 5.41) is 9.09. The molecule has 1 fully saturated rings. The van der Waals surface area contributed by atoms with Gasteiger partial charge < -0.3 is 9.72 Å². The number of aromatic nitrogens is 1. The second kappa shape index (κ2) is 5.95. The Balaban J connectivity index is 1.49. The topological polar surface area (TPSA) is 64.5 Å². The number of H-pyrrole nitrogens is 1. The van der Waals surface area contributed by atoms with E-state index in [0.717, 1.165) is 16.8 Å². The van der Waals surface area contributed by atoms with Crippen LogP contribution in [0.3, 0.4) is 0 Å². The average Bonchev–Trinajstić information content (AvgIpc) is 3.29. The summed E-state index contributed by atoms with van der Waals surface area (Å²) in [5.41, 5.74) is 3.51. The molecule has 0 saturated carbocycles. The minimum absolute atomic E-state index is 0.204. The van der Waals surface area contributed by atoms with Crippen LogP contribution in [-0.2, 0) is 10.3 Å². The SMILES string of the molecule is N#Cc1cccc(C2(C3C=CC(/C=C/c4cc[nH]c4)=NC3)CO2)c1. The standard InChI is InChI=1S/C20H17N3O/c21-11-16-2-1-3-17(10-16)20(14-24-20)18-5-7-19(23-13-18)6-4-15-8-9-22-12-15/h1-10,12,18,22H,13-14H2/b6-4+. The minimum atomic E-state index is -0.317. The van der Waals surface area contributed by atoms with E-state index in [4.69, 9.17) is 10.00 Å². The van der Waals surface area contributed by atoms with Gasteiger partial charge in [-0.1, -0.05) is 24.3 Å². The maximum Gasteiger partial charge on any atom is 0.125 e. The highest BCUT2D eigenvalue weighted by Crippen LogP contribution is 2.47. The number of dihydropyridines is 1. The lowest BCUT2D eigenvalue weighted by Gasteiger charge is -2.22. The number of aromatic amines is 1. The van der Waals surface area contributed by atoms with Crippen LogP contribution in [0.2, 0.25) is 0 Å². The Kier molecular flexibility index (Phi) is 3.64. The van der Waals surface area contributed by atoms with Crippen LogP contribution in [0.15, 0.2) is 65.9 Å². The molecule has 0 amide bonds. The maximum absolute atomic E-state index is 9.09. The molecular weight excluding hydrogens is 298 g/mol. The van der Waals surface area contributed by atoms with Crippen molar-refractivity contribution in [1.82, 2.24) is 4.98 Å². The first kappa shape index (κ1) is 14.7. The number of ether oxygens (including phenoxy) is 1. The predicted octanol–water partition coefficient (Wildman–Crippen LogP) is 3.45. The summed E-state index contributed by atoms with van der Waals surface area (Å²) in [5.74, 6) is 0.204. The lowest BCUT2D eigenvalue weighted by atomic mass is 9.84. The van der Waals surface area contributed by atoms with Crippen molar-refractivity contribution in [1.29, 1.82) is 5.26 Å². The van der Waals surface area contributed by atoms with E-state index < -0.39 is 0 Å². The molecule has 2 aliphatic heterocycles. The van der Waals surface area contributed by atoms with Gasteiger partial charge in [0.2, 0.25) is 0 Å². The summed E-state index contributed by atoms with van der Waals surface area (Å²) in [6.45, 7) is 1.38. The monoisotopic (exact) mass is 315 g/mol. The number of aliphatic imine (C=N–C) groups is 1. The lowest BCUT2D eigenvalue weighted by molar-refractivity contribution is 0.252. The van der Waals surface area contributed by atoms with E-state index in [1.807, 2.05) is 54.9 Å². The quantitative estimate of drug-likeness (QED) is 0.878. The van der Waals surface area contributed by atoms with Crippen LogP contribution >= 0.6 is 0 Å². The molecule has 24 heavy (non-hydrogen) atoms. The van der Waals surface area contributed by atoms with Crippen molar-refractivity contribution in [2.75, 3.05) is 13.2 Å². The predicted molar refractivity (Wildman–Crippen MR) is 93.5 cm³/mol. The van der Waals surface area contributed by atoms with Gasteiger partial charge in [-0.3, -0.25) is 4.99 Å². The maximum atomic E-state index is 9.09. The van der Waals surface area contributed by atoms with Gasteiger partial charge in [-0.2, -0.15) is 5.26 Å². The summed E-state index contributed by atoms with van der Waals surface area (Å²) < 4.78 is 5.82. The first-order valence-corrected chi connectivity index (χ1v) is 7.98. The Labute approximate surface area is 140 Å². The van der Waals surface area contributed by atoms with Gasteiger partial charge >= 0.3 is 0 Å². The number of rotatable bonds is 4. The van der Waals surface area contributed by atoms with E-state index in [2.05, 4.69) is 28.2 Å². The molecular formula is C20H17N3O. The van der Waals surface area contributed by atoms with E-state index in [0.29, 0.717) is 18.7 Å². The van der Waals surface area contributed by atoms with Crippen molar-refractivity contribution in [3.05, 3.63) is 77.6 Å². The summed E-state index contributed by atoms with van der Waals surface area (Å²) >= 11 is 0. The minimum Gasteiger partial charge on any atom is -0.367 e. The van der Waals surface area contributed by atoms with Crippen molar-refractivity contribution in [3.8, 4) is 6.07 Å². The third kappa shape index (κ3) is 2.70. The summed E-state index contributed by atoms with van der Waals surface area (Å²) in [7, 11) is 0. The molecule has 4 nitrogen and oxygen atoms in total. The molecule has 0 spiro atoms. The van der Waals surface area contributed by atoms with Crippen molar-refractivity contribution in [2.24, 2.45) is 10.9 Å². The summed E-state index contributed by atoms with van der Waals surface area (Å²) in [6, 6.07) is 11.9. The molecule has 2 unspecified atom stereocenters. The second-order valence-electron chi connectivity index (χ2n) is 6.08. The molecule has 3 heterocycles. The van der Waals surface area contributed by atoms with E-state index in [-0.39, 0.29) is 11.5 Å². The molecule has 1 N–H and O–H groups in total. The normalized spacial score (nSPS) is 25.5. The zero-order valence-corrected chi connectivity index (χ0v) is 13.1. The first-order chi connectivity index (χ1) is 11.8. The Morgan fingerprint density at radius 3 is 2.92 bits per heavy atom. The van der Waals surface area contributed by atoms with Crippen LogP contribution in [0.5, 0.6) is 0 Å². The molecule has 4 rings (SSSR count). The fraction of sp³-hybridized carbons (Fsp3) is 0.200. The van der Waals surface area contributed by atoms with E-state index in [9.17, 15) is 0 Å². The van der Waals surface area contributed by atoms with Gasteiger partial charge in [0, 0.05) is 24.9 Å². The van der Waals surface area contributed by atoms with Gasteiger partial charge in [0.25, 0.3) is 0 Å². The largest absolute Gasteiger partial charge is 0.367 e. The molecule has 1 aromatic carbocycles. The van der Waals surface area contributed by atoms with Crippen LogP contribution in [0.1, 0.15) is 16.7 Å². The molecule has 2 aromatic rings. The second-order valence-corrected chi connectivity index (χ2v) is 6.08. The number of epoxide rings is 1. The van der Waals surface area contributed by atoms with E-state index in [1.165, 1.54) is 0 Å². The highest BCUT2D eigenvalue weighted by Gasteiger charge is 2.52. The zero-order valence-electron chi connectivity index (χ0n) is 13.1. The molecule has 1 aromatic heterocycles. The highest BCUT2D eigenvalue weighted by molar-refractivity contribution is 6.06. The van der Waals surface area contributed by atoms with Crippen LogP contribution in [0.25, 0.3) is 6.08 Å². The smallest absolute Gasteiger partial charge is 0.125 e. The summed E-state index contributed by atoms with van der Waals surface area (Å²) in [4.78, 5) is 7.70. The van der Waals surface area contributed by atoms with Crippen molar-refractivity contribution < 1.29 is 4.74 Å². The Morgan fingerprint density at radius 2 is 2.25 bits per heavy atom. The Bertz CT molecular complexity index is 865. The van der Waals surface area contributed by atoms with Crippen molar-refractivity contribution in [3.63, 3.8) is 0 Å². The van der Waals surface area contributed by atoms with Gasteiger partial charge in [-0.25, -0.2) is 0 Å². The number of nitriles is 1. The third-order valence-corrected chi connectivity index (χ3v) is 4.57. The molecule has 0 aliphatic carbocycles. The van der Waals surface area contributed by atoms with E-state index >= 15 is 0 Å². The number of hydrogen-bond donors (Lipinski definition) is 1. The number of nitrogens with one attached hydrogen (secondary N) is 1. The Morgan fingerprint density at radius 1 is 1.33 bits per heavy atom. The molecule has 0 bridgehead atoms. The molecule has 0 radical (unpaired) electrons. The summed E-state index contributed by atoms with van der Waals surface area (Å²) in [6.07, 6.45) is 12.1. The van der Waals surface area contributed by atoms with Gasteiger partial charge in [0.05, 0.1) is 24.0 Å². The van der Waals surface area contributed by atoms with Gasteiger partial charge in [0.1, 0.15) is 5.60 Å². The number of hydrogen-bond acceptors (Lipinski definition) is 3. The molecule has 4 heteroatoms. The van der Waals surface area contributed by atoms with Gasteiger partial charge in [0.15, 0.2) is 0 Å². The third-order valence-electron chi connectivity index (χ3n) is 4.57.